The van der Waals surface area contributed by atoms with E-state index in [1.165, 1.54) is 11.1 Å². The minimum Gasteiger partial charge on any atom is -0.384 e. The van der Waals surface area contributed by atoms with Crippen molar-refractivity contribution in [2.75, 3.05) is 18.5 Å². The second-order valence-electron chi connectivity index (χ2n) is 4.61. The fourth-order valence-electron chi connectivity index (χ4n) is 2.24. The van der Waals surface area contributed by atoms with Crippen LogP contribution in [0, 0.1) is 0 Å². The van der Waals surface area contributed by atoms with E-state index in [9.17, 15) is 4.79 Å². The summed E-state index contributed by atoms with van der Waals surface area (Å²) in [6, 6.07) is 1.60. The molecular formula is C13H21N3O2. The van der Waals surface area contributed by atoms with Crippen molar-refractivity contribution in [3.63, 3.8) is 0 Å². The number of aromatic nitrogens is 2. The molecule has 1 aliphatic heterocycles. The standard InChI is InChI=1S/C13H21N3O2/c1-2-14-11-9-13(17)16(15-10-11)7-3-5-12-6-4-8-18-12/h9-10,12,14H,2-8H2,1H3. The van der Waals surface area contributed by atoms with Crippen LogP contribution < -0.4 is 10.9 Å². The fourth-order valence-corrected chi connectivity index (χ4v) is 2.24. The smallest absolute Gasteiger partial charge is 0.268 e. The Bertz CT molecular complexity index is 424. The zero-order chi connectivity index (χ0) is 12.8. The number of hydrogen-bond donors (Lipinski definition) is 1. The molecule has 1 N–H and O–H groups in total. The van der Waals surface area contributed by atoms with Crippen molar-refractivity contribution in [1.29, 1.82) is 0 Å². The van der Waals surface area contributed by atoms with Crippen molar-refractivity contribution in [3.8, 4) is 0 Å². The lowest BCUT2D eigenvalue weighted by Gasteiger charge is -2.10. The minimum absolute atomic E-state index is 0.0409. The molecule has 1 aliphatic rings. The molecule has 5 heteroatoms. The number of hydrogen-bond acceptors (Lipinski definition) is 4. The molecule has 0 spiro atoms. The van der Waals surface area contributed by atoms with E-state index in [0.29, 0.717) is 12.6 Å². The lowest BCUT2D eigenvalue weighted by atomic mass is 10.1. The second kappa shape index (κ2) is 6.54. The van der Waals surface area contributed by atoms with Crippen molar-refractivity contribution in [2.24, 2.45) is 0 Å². The Morgan fingerprint density at radius 3 is 3.17 bits per heavy atom. The fraction of sp³-hybridized carbons (Fsp3) is 0.692. The van der Waals surface area contributed by atoms with E-state index >= 15 is 0 Å². The predicted molar refractivity (Wildman–Crippen MR) is 70.9 cm³/mol. The van der Waals surface area contributed by atoms with E-state index < -0.39 is 0 Å². The average molecular weight is 251 g/mol. The summed E-state index contributed by atoms with van der Waals surface area (Å²) < 4.78 is 7.08. The number of anilines is 1. The van der Waals surface area contributed by atoms with Gasteiger partial charge < -0.3 is 10.1 Å². The molecule has 1 fully saturated rings. The SMILES string of the molecule is CCNc1cnn(CCCC2CCCO2)c(=O)c1. The van der Waals surface area contributed by atoms with Gasteiger partial charge in [-0.2, -0.15) is 5.10 Å². The van der Waals surface area contributed by atoms with E-state index in [1.54, 1.807) is 12.3 Å². The molecule has 0 amide bonds. The van der Waals surface area contributed by atoms with Gasteiger partial charge in [0.05, 0.1) is 18.0 Å². The summed E-state index contributed by atoms with van der Waals surface area (Å²) in [5, 5.41) is 7.24. The first-order valence-corrected chi connectivity index (χ1v) is 6.72. The molecule has 1 aromatic rings. The highest BCUT2D eigenvalue weighted by molar-refractivity contribution is 5.38. The van der Waals surface area contributed by atoms with Crippen LogP contribution in [0.25, 0.3) is 0 Å². The summed E-state index contributed by atoms with van der Waals surface area (Å²) in [4.78, 5) is 11.8. The molecule has 5 nitrogen and oxygen atoms in total. The third-order valence-corrected chi connectivity index (χ3v) is 3.17. The number of rotatable bonds is 6. The van der Waals surface area contributed by atoms with E-state index in [0.717, 1.165) is 38.1 Å². The summed E-state index contributed by atoms with van der Waals surface area (Å²) >= 11 is 0. The average Bonchev–Trinajstić information content (AvgIpc) is 2.85. The third-order valence-electron chi connectivity index (χ3n) is 3.17. The molecule has 1 unspecified atom stereocenters. The highest BCUT2D eigenvalue weighted by Crippen LogP contribution is 2.16. The predicted octanol–water partition coefficient (Wildman–Crippen LogP) is 1.63. The van der Waals surface area contributed by atoms with Crippen LogP contribution in [0.2, 0.25) is 0 Å². The topological polar surface area (TPSA) is 56.1 Å². The van der Waals surface area contributed by atoms with E-state index in [4.69, 9.17) is 4.74 Å². The van der Waals surface area contributed by atoms with Crippen LogP contribution in [0.4, 0.5) is 5.69 Å². The molecule has 2 rings (SSSR count). The molecule has 0 aromatic carbocycles. The Balaban J connectivity index is 1.83. The van der Waals surface area contributed by atoms with Gasteiger partial charge in [0.1, 0.15) is 0 Å². The third kappa shape index (κ3) is 3.57. The molecule has 2 heterocycles. The second-order valence-corrected chi connectivity index (χ2v) is 4.61. The molecule has 1 aromatic heterocycles. The zero-order valence-electron chi connectivity index (χ0n) is 10.9. The van der Waals surface area contributed by atoms with E-state index in [2.05, 4.69) is 10.4 Å². The highest BCUT2D eigenvalue weighted by Gasteiger charge is 2.14. The maximum Gasteiger partial charge on any atom is 0.268 e. The lowest BCUT2D eigenvalue weighted by Crippen LogP contribution is -2.23. The Labute approximate surface area is 107 Å². The van der Waals surface area contributed by atoms with Crippen LogP contribution in [-0.4, -0.2) is 29.0 Å². The van der Waals surface area contributed by atoms with Crippen molar-refractivity contribution in [3.05, 3.63) is 22.6 Å². The van der Waals surface area contributed by atoms with Crippen LogP contribution in [0.15, 0.2) is 17.1 Å². The van der Waals surface area contributed by atoms with Gasteiger partial charge in [-0.25, -0.2) is 4.68 Å². The molecular weight excluding hydrogens is 230 g/mol. The largest absolute Gasteiger partial charge is 0.384 e. The number of nitrogens with zero attached hydrogens (tertiary/aromatic N) is 2. The number of ether oxygens (including phenoxy) is 1. The Kier molecular flexibility index (Phi) is 4.75. The first kappa shape index (κ1) is 13.1. The monoisotopic (exact) mass is 251 g/mol. The van der Waals surface area contributed by atoms with Gasteiger partial charge in [-0.05, 0) is 32.6 Å². The summed E-state index contributed by atoms with van der Waals surface area (Å²) in [6.07, 6.45) is 6.38. The molecule has 18 heavy (non-hydrogen) atoms. The minimum atomic E-state index is -0.0409. The number of aryl methyl sites for hydroxylation is 1. The molecule has 100 valence electrons. The Morgan fingerprint density at radius 1 is 1.61 bits per heavy atom. The lowest BCUT2D eigenvalue weighted by molar-refractivity contribution is 0.101. The number of nitrogens with one attached hydrogen (secondary N) is 1. The molecule has 1 saturated heterocycles. The highest BCUT2D eigenvalue weighted by atomic mass is 16.5. The summed E-state index contributed by atoms with van der Waals surface area (Å²) in [5.74, 6) is 0. The van der Waals surface area contributed by atoms with Gasteiger partial charge in [0.2, 0.25) is 0 Å². The summed E-state index contributed by atoms with van der Waals surface area (Å²) in [6.45, 7) is 4.35. The van der Waals surface area contributed by atoms with Crippen molar-refractivity contribution < 1.29 is 4.74 Å². The first-order chi connectivity index (χ1) is 8.79. The van der Waals surface area contributed by atoms with E-state index in [-0.39, 0.29) is 5.56 Å². The summed E-state index contributed by atoms with van der Waals surface area (Å²) in [7, 11) is 0. The maximum absolute atomic E-state index is 11.8. The molecule has 0 radical (unpaired) electrons. The van der Waals surface area contributed by atoms with Gasteiger partial charge >= 0.3 is 0 Å². The van der Waals surface area contributed by atoms with Gasteiger partial charge in [0, 0.05) is 25.8 Å². The van der Waals surface area contributed by atoms with Gasteiger partial charge in [-0.1, -0.05) is 0 Å². The van der Waals surface area contributed by atoms with Crippen LogP contribution in [0.3, 0.4) is 0 Å². The van der Waals surface area contributed by atoms with Gasteiger partial charge in [0.25, 0.3) is 5.56 Å². The molecule has 0 saturated carbocycles. The zero-order valence-corrected chi connectivity index (χ0v) is 10.9. The Morgan fingerprint density at radius 2 is 2.50 bits per heavy atom. The quantitative estimate of drug-likeness (QED) is 0.835. The Hall–Kier alpha value is -1.36. The van der Waals surface area contributed by atoms with Gasteiger partial charge in [-0.15, -0.1) is 0 Å². The van der Waals surface area contributed by atoms with Crippen molar-refractivity contribution >= 4 is 5.69 Å². The first-order valence-electron chi connectivity index (χ1n) is 6.72. The van der Waals surface area contributed by atoms with Crippen LogP contribution in [0.5, 0.6) is 0 Å². The van der Waals surface area contributed by atoms with Crippen molar-refractivity contribution in [1.82, 2.24) is 9.78 Å². The molecule has 0 bridgehead atoms. The van der Waals surface area contributed by atoms with Crippen LogP contribution in [0.1, 0.15) is 32.6 Å². The van der Waals surface area contributed by atoms with Gasteiger partial charge in [0.15, 0.2) is 0 Å². The maximum atomic E-state index is 11.8. The van der Waals surface area contributed by atoms with Gasteiger partial charge in [-0.3, -0.25) is 4.79 Å². The molecule has 1 atom stereocenters. The van der Waals surface area contributed by atoms with Crippen LogP contribution >= 0.6 is 0 Å². The van der Waals surface area contributed by atoms with E-state index in [1.807, 2.05) is 6.92 Å². The molecule has 0 aliphatic carbocycles. The van der Waals surface area contributed by atoms with Crippen molar-refractivity contribution in [2.45, 2.75) is 45.3 Å². The normalized spacial score (nSPS) is 19.1. The van der Waals surface area contributed by atoms with Crippen LogP contribution in [-0.2, 0) is 11.3 Å². The summed E-state index contributed by atoms with van der Waals surface area (Å²) in [5.41, 5.74) is 0.749.